The second-order valence-corrected chi connectivity index (χ2v) is 6.90. The number of hydrogen-bond acceptors (Lipinski definition) is 5. The van der Waals surface area contributed by atoms with Gasteiger partial charge in [-0.2, -0.15) is 0 Å². The Bertz CT molecular complexity index is 588. The molecule has 2 rings (SSSR count). The number of ether oxygens (including phenoxy) is 2. The minimum atomic E-state index is 0.512. The van der Waals surface area contributed by atoms with E-state index >= 15 is 0 Å². The van der Waals surface area contributed by atoms with E-state index in [0.717, 1.165) is 32.1 Å². The summed E-state index contributed by atoms with van der Waals surface area (Å²) in [6.07, 6.45) is 2.68. The van der Waals surface area contributed by atoms with Gasteiger partial charge in [0.25, 0.3) is 0 Å². The molecule has 2 heterocycles. The Labute approximate surface area is 165 Å². The van der Waals surface area contributed by atoms with E-state index in [0.29, 0.717) is 48.1 Å². The van der Waals surface area contributed by atoms with E-state index < -0.39 is 0 Å². The van der Waals surface area contributed by atoms with Gasteiger partial charge in [0.1, 0.15) is 5.82 Å². The van der Waals surface area contributed by atoms with E-state index in [1.165, 1.54) is 0 Å². The lowest BCUT2D eigenvalue weighted by molar-refractivity contribution is 0.0536. The highest BCUT2D eigenvalue weighted by Gasteiger charge is 2.24. The number of likely N-dealkylation sites (tertiary alicyclic amines) is 1. The number of nitrogens with one attached hydrogen (secondary N) is 2. The topological polar surface area (TPSA) is 71.0 Å². The number of methoxy groups -OCH3 is 1. The van der Waals surface area contributed by atoms with E-state index in [1.807, 2.05) is 0 Å². The van der Waals surface area contributed by atoms with Gasteiger partial charge in [-0.15, -0.1) is 0 Å². The van der Waals surface area contributed by atoms with Crippen LogP contribution >= 0.6 is 23.2 Å². The molecular formula is C17H27Cl2N5O2. The van der Waals surface area contributed by atoms with Crippen LogP contribution in [0.5, 0.6) is 0 Å². The average Bonchev–Trinajstić information content (AvgIpc) is 3.09. The molecule has 0 spiro atoms. The third kappa shape index (κ3) is 6.79. The Morgan fingerprint density at radius 1 is 1.38 bits per heavy atom. The molecule has 0 saturated carbocycles. The number of aliphatic imine (C=N–C) groups is 1. The van der Waals surface area contributed by atoms with Gasteiger partial charge in [-0.1, -0.05) is 23.2 Å². The van der Waals surface area contributed by atoms with Crippen molar-refractivity contribution >= 4 is 35.0 Å². The lowest BCUT2D eigenvalue weighted by atomic mass is 10.1. The Balaban J connectivity index is 1.68. The third-order valence-electron chi connectivity index (χ3n) is 4.09. The maximum atomic E-state index is 6.10. The molecule has 1 aliphatic heterocycles. The zero-order valence-electron chi connectivity index (χ0n) is 15.3. The monoisotopic (exact) mass is 403 g/mol. The molecule has 0 amide bonds. The number of nitrogens with zero attached hydrogens (tertiary/aromatic N) is 3. The van der Waals surface area contributed by atoms with Gasteiger partial charge >= 0.3 is 0 Å². The lowest BCUT2D eigenvalue weighted by Crippen LogP contribution is -2.42. The molecule has 1 saturated heterocycles. The van der Waals surface area contributed by atoms with Crippen molar-refractivity contribution in [2.75, 3.05) is 65.5 Å². The first kappa shape index (κ1) is 21.0. The molecule has 2 N–H and O–H groups in total. The first-order valence-corrected chi connectivity index (χ1v) is 9.46. The maximum Gasteiger partial charge on any atom is 0.193 e. The van der Waals surface area contributed by atoms with Crippen LogP contribution in [-0.2, 0) is 9.47 Å². The molecule has 26 heavy (non-hydrogen) atoms. The number of rotatable bonds is 9. The SMILES string of the molecule is CN=C(NCCNc1ncc(Cl)cc1Cl)N1CCC(COCCOC)C1. The molecule has 0 radical (unpaired) electrons. The molecule has 1 atom stereocenters. The lowest BCUT2D eigenvalue weighted by Gasteiger charge is -2.22. The van der Waals surface area contributed by atoms with Gasteiger partial charge in [-0.3, -0.25) is 4.99 Å². The number of pyridine rings is 1. The first-order chi connectivity index (χ1) is 12.6. The van der Waals surface area contributed by atoms with Gasteiger partial charge in [0, 0.05) is 52.5 Å². The standard InChI is InChI=1S/C17H27Cl2N5O2/c1-20-17(24-6-3-13(11-24)12-26-8-7-25-2)22-5-4-21-16-15(19)9-14(18)10-23-16/h9-10,13H,3-8,11-12H2,1-2H3,(H,20,22)(H,21,23). The van der Waals surface area contributed by atoms with Gasteiger partial charge in [-0.05, 0) is 12.5 Å². The summed E-state index contributed by atoms with van der Waals surface area (Å²) in [5.74, 6) is 2.06. The van der Waals surface area contributed by atoms with Crippen LogP contribution in [0.25, 0.3) is 0 Å². The van der Waals surface area contributed by atoms with Crippen LogP contribution in [0.3, 0.4) is 0 Å². The zero-order chi connectivity index (χ0) is 18.8. The number of anilines is 1. The quantitative estimate of drug-likeness (QED) is 0.374. The molecule has 7 nitrogen and oxygen atoms in total. The Morgan fingerprint density at radius 2 is 2.23 bits per heavy atom. The number of hydrogen-bond donors (Lipinski definition) is 2. The van der Waals surface area contributed by atoms with Gasteiger partial charge in [0.15, 0.2) is 5.96 Å². The van der Waals surface area contributed by atoms with Crippen LogP contribution in [-0.4, -0.2) is 76.0 Å². The number of guanidine groups is 1. The summed E-state index contributed by atoms with van der Waals surface area (Å²) in [5.41, 5.74) is 0. The highest BCUT2D eigenvalue weighted by Crippen LogP contribution is 2.22. The molecule has 146 valence electrons. The van der Waals surface area contributed by atoms with Crippen LogP contribution in [0.15, 0.2) is 17.3 Å². The minimum absolute atomic E-state index is 0.512. The minimum Gasteiger partial charge on any atom is -0.382 e. The van der Waals surface area contributed by atoms with Crippen molar-refractivity contribution in [1.29, 1.82) is 0 Å². The van der Waals surface area contributed by atoms with Gasteiger partial charge in [0.05, 0.1) is 29.9 Å². The largest absolute Gasteiger partial charge is 0.382 e. The average molecular weight is 404 g/mol. The van der Waals surface area contributed by atoms with Gasteiger partial charge in [-0.25, -0.2) is 4.98 Å². The molecule has 1 aromatic rings. The number of halogens is 2. The fourth-order valence-corrected chi connectivity index (χ4v) is 3.23. The summed E-state index contributed by atoms with van der Waals surface area (Å²) in [6, 6.07) is 1.67. The third-order valence-corrected chi connectivity index (χ3v) is 4.59. The molecule has 1 aliphatic rings. The summed E-state index contributed by atoms with van der Waals surface area (Å²) in [5, 5.41) is 7.59. The van der Waals surface area contributed by atoms with Crippen molar-refractivity contribution in [3.63, 3.8) is 0 Å². The van der Waals surface area contributed by atoms with E-state index in [2.05, 4.69) is 25.5 Å². The van der Waals surface area contributed by atoms with Gasteiger partial charge in [0.2, 0.25) is 0 Å². The summed E-state index contributed by atoms with van der Waals surface area (Å²) < 4.78 is 10.6. The van der Waals surface area contributed by atoms with Crippen LogP contribution < -0.4 is 10.6 Å². The van der Waals surface area contributed by atoms with Crippen molar-refractivity contribution in [1.82, 2.24) is 15.2 Å². The number of aromatic nitrogens is 1. The van der Waals surface area contributed by atoms with Crippen LogP contribution in [0.1, 0.15) is 6.42 Å². The summed E-state index contributed by atoms with van der Waals surface area (Å²) >= 11 is 11.9. The molecule has 1 aromatic heterocycles. The summed E-state index contributed by atoms with van der Waals surface area (Å²) in [7, 11) is 3.48. The van der Waals surface area contributed by atoms with Crippen molar-refractivity contribution in [3.05, 3.63) is 22.3 Å². The Kier molecular flexibility index (Phi) is 9.25. The van der Waals surface area contributed by atoms with E-state index in [1.54, 1.807) is 26.4 Å². The second-order valence-electron chi connectivity index (χ2n) is 6.05. The van der Waals surface area contributed by atoms with Crippen LogP contribution in [0.4, 0.5) is 5.82 Å². The van der Waals surface area contributed by atoms with E-state index in [9.17, 15) is 0 Å². The van der Waals surface area contributed by atoms with Crippen LogP contribution in [0, 0.1) is 5.92 Å². The maximum absolute atomic E-state index is 6.10. The smallest absolute Gasteiger partial charge is 0.193 e. The zero-order valence-corrected chi connectivity index (χ0v) is 16.8. The van der Waals surface area contributed by atoms with Crippen molar-refractivity contribution in [2.45, 2.75) is 6.42 Å². The predicted octanol–water partition coefficient (Wildman–Crippen LogP) is 2.36. The fourth-order valence-electron chi connectivity index (χ4n) is 2.79. The fraction of sp³-hybridized carbons (Fsp3) is 0.647. The normalized spacial score (nSPS) is 17.6. The van der Waals surface area contributed by atoms with Crippen molar-refractivity contribution in [3.8, 4) is 0 Å². The molecular weight excluding hydrogens is 377 g/mol. The van der Waals surface area contributed by atoms with Crippen molar-refractivity contribution < 1.29 is 9.47 Å². The summed E-state index contributed by atoms with van der Waals surface area (Å²) in [6.45, 7) is 5.36. The first-order valence-electron chi connectivity index (χ1n) is 8.71. The highest BCUT2D eigenvalue weighted by molar-refractivity contribution is 6.35. The Hall–Kier alpha value is -1.28. The van der Waals surface area contributed by atoms with E-state index in [4.69, 9.17) is 32.7 Å². The predicted molar refractivity (Wildman–Crippen MR) is 106 cm³/mol. The van der Waals surface area contributed by atoms with Gasteiger partial charge < -0.3 is 25.0 Å². The Morgan fingerprint density at radius 3 is 2.96 bits per heavy atom. The molecule has 0 aromatic carbocycles. The molecule has 0 aliphatic carbocycles. The van der Waals surface area contributed by atoms with Crippen LogP contribution in [0.2, 0.25) is 10.0 Å². The molecule has 1 unspecified atom stereocenters. The van der Waals surface area contributed by atoms with Crippen molar-refractivity contribution in [2.24, 2.45) is 10.9 Å². The molecule has 1 fully saturated rings. The molecule has 0 bridgehead atoms. The molecule has 9 heteroatoms. The summed E-state index contributed by atoms with van der Waals surface area (Å²) in [4.78, 5) is 10.8. The highest BCUT2D eigenvalue weighted by atomic mass is 35.5. The van der Waals surface area contributed by atoms with E-state index in [-0.39, 0.29) is 0 Å². The second kappa shape index (κ2) is 11.4.